The Morgan fingerprint density at radius 3 is 2.61 bits per heavy atom. The maximum absolute atomic E-state index is 15.4. The largest absolute Gasteiger partial charge is 0.490 e. The molecule has 1 aromatic carbocycles. The molecular formula is C25H30ClFN4O2. The number of benzene rings is 1. The molecular weight excluding hydrogens is 443 g/mol. The summed E-state index contributed by atoms with van der Waals surface area (Å²) in [6, 6.07) is 3.78. The fourth-order valence-electron chi connectivity index (χ4n) is 4.15. The lowest BCUT2D eigenvalue weighted by molar-refractivity contribution is 0.0695. The van der Waals surface area contributed by atoms with Crippen LogP contribution in [0.15, 0.2) is 18.3 Å². The summed E-state index contributed by atoms with van der Waals surface area (Å²) in [4.78, 5) is 19.7. The quantitative estimate of drug-likeness (QED) is 0.533. The lowest BCUT2D eigenvalue weighted by Gasteiger charge is -2.31. The first-order valence-corrected chi connectivity index (χ1v) is 11.6. The second-order valence-corrected chi connectivity index (χ2v) is 9.09. The lowest BCUT2D eigenvalue weighted by atomic mass is 9.94. The summed E-state index contributed by atoms with van der Waals surface area (Å²) in [5.41, 5.74) is 1.28. The van der Waals surface area contributed by atoms with Gasteiger partial charge in [0.2, 0.25) is 0 Å². The Balaban J connectivity index is 2.13. The number of carbonyl (C=O) groups excluding carboxylic acids is 1. The molecule has 6 nitrogen and oxygen atoms in total. The molecule has 3 rings (SSSR count). The summed E-state index contributed by atoms with van der Waals surface area (Å²) in [7, 11) is 0. The van der Waals surface area contributed by atoms with Gasteiger partial charge in [0.05, 0.1) is 22.9 Å². The zero-order chi connectivity index (χ0) is 24.3. The number of hydrogen-bond donors (Lipinski definition) is 0. The zero-order valence-corrected chi connectivity index (χ0v) is 20.5. The van der Waals surface area contributed by atoms with Crippen molar-refractivity contribution in [3.63, 3.8) is 0 Å². The van der Waals surface area contributed by atoms with Crippen LogP contribution in [0, 0.1) is 30.0 Å². The van der Waals surface area contributed by atoms with E-state index in [-0.39, 0.29) is 34.3 Å². The predicted molar refractivity (Wildman–Crippen MR) is 127 cm³/mol. The average molecular weight is 473 g/mol. The van der Waals surface area contributed by atoms with Crippen molar-refractivity contribution >= 4 is 23.7 Å². The van der Waals surface area contributed by atoms with Crippen LogP contribution in [0.2, 0.25) is 5.02 Å². The van der Waals surface area contributed by atoms with Crippen LogP contribution >= 0.6 is 11.6 Å². The van der Waals surface area contributed by atoms with Crippen LogP contribution in [0.1, 0.15) is 73.9 Å². The number of aryl methyl sites for hydroxylation is 1. The summed E-state index contributed by atoms with van der Waals surface area (Å²) >= 11 is 6.31. The van der Waals surface area contributed by atoms with E-state index < -0.39 is 11.7 Å². The van der Waals surface area contributed by atoms with Crippen LogP contribution in [0.5, 0.6) is 5.75 Å². The fourth-order valence-corrected chi connectivity index (χ4v) is 4.36. The number of nitrogens with zero attached hydrogens (tertiary/aromatic N) is 4. The van der Waals surface area contributed by atoms with Crippen molar-refractivity contribution in [3.05, 3.63) is 51.8 Å². The second-order valence-electron chi connectivity index (χ2n) is 8.68. The SMILES string of the molecule is C/C=C\n1cc(C)nc1C(C)c1cc(Cl)c(F)c(C(=O)N2CCC(C#N)CC2)c1OC(C)C. The Bertz CT molecular complexity index is 1090. The number of piperidine rings is 1. The predicted octanol–water partition coefficient (Wildman–Crippen LogP) is 5.79. The average Bonchev–Trinajstić information content (AvgIpc) is 3.15. The summed E-state index contributed by atoms with van der Waals surface area (Å²) in [6.07, 6.45) is 6.55. The number of imidazole rings is 1. The van der Waals surface area contributed by atoms with E-state index in [0.717, 1.165) is 11.5 Å². The second kappa shape index (κ2) is 10.4. The maximum Gasteiger partial charge on any atom is 0.260 e. The number of hydrogen-bond acceptors (Lipinski definition) is 4. The van der Waals surface area contributed by atoms with Crippen molar-refractivity contribution < 1.29 is 13.9 Å². The van der Waals surface area contributed by atoms with Crippen LogP contribution in [0.3, 0.4) is 0 Å². The molecule has 0 N–H and O–H groups in total. The summed E-state index contributed by atoms with van der Waals surface area (Å²) in [5, 5.41) is 9.03. The first-order valence-electron chi connectivity index (χ1n) is 11.2. The third kappa shape index (κ3) is 5.22. The number of carbonyl (C=O) groups is 1. The molecule has 1 saturated heterocycles. The highest BCUT2D eigenvalue weighted by Gasteiger charge is 2.33. The zero-order valence-electron chi connectivity index (χ0n) is 19.7. The Hall–Kier alpha value is -2.85. The number of allylic oxidation sites excluding steroid dienone is 1. The minimum atomic E-state index is -0.788. The molecule has 0 spiro atoms. The van der Waals surface area contributed by atoms with E-state index in [1.54, 1.807) is 4.90 Å². The molecule has 0 bridgehead atoms. The minimum absolute atomic E-state index is 0.0889. The van der Waals surface area contributed by atoms with Gasteiger partial charge in [0, 0.05) is 42.9 Å². The van der Waals surface area contributed by atoms with Crippen molar-refractivity contribution in [2.24, 2.45) is 5.92 Å². The van der Waals surface area contributed by atoms with E-state index in [2.05, 4.69) is 11.1 Å². The van der Waals surface area contributed by atoms with Gasteiger partial charge in [-0.3, -0.25) is 4.79 Å². The molecule has 33 heavy (non-hydrogen) atoms. The summed E-state index contributed by atoms with van der Waals surface area (Å²) < 4.78 is 23.3. The van der Waals surface area contributed by atoms with Crippen LogP contribution in [-0.4, -0.2) is 39.6 Å². The topological polar surface area (TPSA) is 71.2 Å². The van der Waals surface area contributed by atoms with Gasteiger partial charge in [0.1, 0.15) is 17.1 Å². The van der Waals surface area contributed by atoms with E-state index in [1.165, 1.54) is 6.07 Å². The van der Waals surface area contributed by atoms with E-state index in [9.17, 15) is 4.79 Å². The van der Waals surface area contributed by atoms with Gasteiger partial charge >= 0.3 is 0 Å². The highest BCUT2D eigenvalue weighted by molar-refractivity contribution is 6.31. The summed E-state index contributed by atoms with van der Waals surface area (Å²) in [5.74, 6) is -0.742. The molecule has 0 aliphatic carbocycles. The summed E-state index contributed by atoms with van der Waals surface area (Å²) in [6.45, 7) is 10.2. The van der Waals surface area contributed by atoms with Gasteiger partial charge in [0.25, 0.3) is 5.91 Å². The molecule has 1 aromatic heterocycles. The normalized spacial score (nSPS) is 15.8. The fraction of sp³-hybridized carbons (Fsp3) is 0.480. The van der Waals surface area contributed by atoms with Crippen molar-refractivity contribution in [3.8, 4) is 11.8 Å². The number of amides is 1. The van der Waals surface area contributed by atoms with E-state index in [1.807, 2.05) is 57.7 Å². The van der Waals surface area contributed by atoms with Crippen molar-refractivity contribution in [2.45, 2.75) is 59.5 Å². The van der Waals surface area contributed by atoms with E-state index >= 15 is 4.39 Å². The number of ether oxygens (including phenoxy) is 1. The molecule has 8 heteroatoms. The number of rotatable bonds is 6. The standard InChI is InChI=1S/C25H30ClFN4O2/c1-6-9-31-14-16(4)29-24(31)17(5)19-12-20(26)22(27)21(23(19)33-15(2)3)25(32)30-10-7-18(13-28)8-11-30/h6,9,12,14-15,17-18H,7-8,10-11H2,1-5H3/b9-6-. The smallest absolute Gasteiger partial charge is 0.260 e. The molecule has 0 saturated carbocycles. The number of likely N-dealkylation sites (tertiary alicyclic amines) is 1. The van der Waals surface area contributed by atoms with Gasteiger partial charge in [-0.2, -0.15) is 5.26 Å². The van der Waals surface area contributed by atoms with Crippen molar-refractivity contribution in [2.75, 3.05) is 13.1 Å². The van der Waals surface area contributed by atoms with Crippen LogP contribution in [-0.2, 0) is 0 Å². The Labute approximate surface area is 199 Å². The van der Waals surface area contributed by atoms with Crippen LogP contribution in [0.25, 0.3) is 6.20 Å². The van der Waals surface area contributed by atoms with Crippen molar-refractivity contribution in [1.29, 1.82) is 5.26 Å². The number of halogens is 2. The van der Waals surface area contributed by atoms with Crippen LogP contribution < -0.4 is 4.74 Å². The Morgan fingerprint density at radius 1 is 1.36 bits per heavy atom. The van der Waals surface area contributed by atoms with Gasteiger partial charge in [-0.1, -0.05) is 24.6 Å². The molecule has 1 aliphatic heterocycles. The molecule has 176 valence electrons. The third-order valence-corrected chi connectivity index (χ3v) is 6.05. The Morgan fingerprint density at radius 2 is 2.03 bits per heavy atom. The van der Waals surface area contributed by atoms with Gasteiger partial charge in [0.15, 0.2) is 5.82 Å². The lowest BCUT2D eigenvalue weighted by Crippen LogP contribution is -2.39. The minimum Gasteiger partial charge on any atom is -0.490 e. The third-order valence-electron chi connectivity index (χ3n) is 5.78. The highest BCUT2D eigenvalue weighted by Crippen LogP contribution is 2.40. The maximum atomic E-state index is 15.4. The highest BCUT2D eigenvalue weighted by atomic mass is 35.5. The van der Waals surface area contributed by atoms with Gasteiger partial charge in [-0.25, -0.2) is 9.37 Å². The first kappa shape index (κ1) is 24.8. The number of nitriles is 1. The molecule has 2 heterocycles. The number of aromatic nitrogens is 2. The molecule has 2 aromatic rings. The molecule has 1 aliphatic rings. The molecule has 0 radical (unpaired) electrons. The van der Waals surface area contributed by atoms with Crippen LogP contribution in [0.4, 0.5) is 4.39 Å². The first-order chi connectivity index (χ1) is 15.7. The van der Waals surface area contributed by atoms with Gasteiger partial charge in [-0.05, 0) is 46.6 Å². The van der Waals surface area contributed by atoms with Gasteiger partial charge in [-0.15, -0.1) is 0 Å². The van der Waals surface area contributed by atoms with E-state index in [4.69, 9.17) is 21.6 Å². The molecule has 1 amide bonds. The van der Waals surface area contributed by atoms with Crippen molar-refractivity contribution in [1.82, 2.24) is 14.5 Å². The molecule has 1 atom stereocenters. The monoisotopic (exact) mass is 472 g/mol. The van der Waals surface area contributed by atoms with E-state index in [0.29, 0.717) is 31.5 Å². The Kier molecular flexibility index (Phi) is 7.80. The molecule has 1 fully saturated rings. The van der Waals surface area contributed by atoms with Gasteiger partial charge < -0.3 is 14.2 Å². The molecule has 1 unspecified atom stereocenters.